The molecule has 25 heavy (non-hydrogen) atoms. The van der Waals surface area contributed by atoms with Crippen LogP contribution in [0, 0.1) is 0 Å². The molecule has 0 saturated heterocycles. The van der Waals surface area contributed by atoms with E-state index in [0.29, 0.717) is 18.7 Å². The Bertz CT molecular complexity index is 757. The van der Waals surface area contributed by atoms with Gasteiger partial charge in [-0.05, 0) is 25.5 Å². The number of hydrogen-bond donors (Lipinski definition) is 1. The fourth-order valence-electron chi connectivity index (χ4n) is 2.76. The summed E-state index contributed by atoms with van der Waals surface area (Å²) in [5.41, 5.74) is 0.570. The Morgan fingerprint density at radius 3 is 3.04 bits per heavy atom. The van der Waals surface area contributed by atoms with Gasteiger partial charge in [0.05, 0.1) is 19.1 Å². The zero-order chi connectivity index (χ0) is 17.7. The molecule has 2 aromatic rings. The number of aryl methyl sites for hydroxylation is 1. The number of imidazole rings is 1. The number of nitrogens with one attached hydrogen (secondary N) is 1. The summed E-state index contributed by atoms with van der Waals surface area (Å²) in [5.74, 6) is 0.557. The van der Waals surface area contributed by atoms with E-state index in [1.165, 1.54) is 0 Å². The van der Waals surface area contributed by atoms with Crippen LogP contribution in [0.4, 0.5) is 0 Å². The SMILES string of the molecule is COc1ccccc1C1=NO[C@@](C)(C(=O)NCCCn2ccnc2)C1. The van der Waals surface area contributed by atoms with E-state index in [1.807, 2.05) is 35.0 Å². The zero-order valence-electron chi connectivity index (χ0n) is 14.4. The van der Waals surface area contributed by atoms with Crippen molar-refractivity contribution in [3.8, 4) is 5.75 Å². The van der Waals surface area contributed by atoms with Crippen LogP contribution in [-0.4, -0.2) is 40.4 Å². The van der Waals surface area contributed by atoms with E-state index in [2.05, 4.69) is 15.5 Å². The van der Waals surface area contributed by atoms with Crippen LogP contribution in [-0.2, 0) is 16.2 Å². The van der Waals surface area contributed by atoms with Gasteiger partial charge in [-0.1, -0.05) is 17.3 Å². The fourth-order valence-corrected chi connectivity index (χ4v) is 2.76. The number of para-hydroxylation sites is 1. The maximum atomic E-state index is 12.5. The number of aromatic nitrogens is 2. The number of nitrogens with zero attached hydrogens (tertiary/aromatic N) is 3. The van der Waals surface area contributed by atoms with Gasteiger partial charge in [-0.15, -0.1) is 0 Å². The van der Waals surface area contributed by atoms with Gasteiger partial charge in [-0.3, -0.25) is 4.79 Å². The van der Waals surface area contributed by atoms with Crippen molar-refractivity contribution >= 4 is 11.6 Å². The van der Waals surface area contributed by atoms with E-state index in [1.54, 1.807) is 26.6 Å². The zero-order valence-corrected chi connectivity index (χ0v) is 14.4. The standard InChI is InChI=1S/C18H22N4O3/c1-18(17(23)20-8-5-10-22-11-9-19-13-22)12-15(21-25-18)14-6-3-4-7-16(14)24-2/h3-4,6-7,9,11,13H,5,8,10,12H2,1-2H3,(H,20,23)/t18-/m1/s1. The summed E-state index contributed by atoms with van der Waals surface area (Å²) < 4.78 is 7.33. The molecule has 7 heteroatoms. The molecule has 1 N–H and O–H groups in total. The maximum absolute atomic E-state index is 12.5. The highest BCUT2D eigenvalue weighted by molar-refractivity contribution is 6.07. The summed E-state index contributed by atoms with van der Waals surface area (Å²) in [7, 11) is 1.61. The molecule has 0 bridgehead atoms. The van der Waals surface area contributed by atoms with Crippen LogP contribution in [0.5, 0.6) is 5.75 Å². The predicted octanol–water partition coefficient (Wildman–Crippen LogP) is 1.98. The van der Waals surface area contributed by atoms with Crippen molar-refractivity contribution in [3.63, 3.8) is 0 Å². The van der Waals surface area contributed by atoms with E-state index in [9.17, 15) is 4.79 Å². The highest BCUT2D eigenvalue weighted by atomic mass is 16.7. The molecule has 1 aromatic heterocycles. The van der Waals surface area contributed by atoms with E-state index in [-0.39, 0.29) is 5.91 Å². The molecule has 0 spiro atoms. The lowest BCUT2D eigenvalue weighted by molar-refractivity contribution is -0.141. The molecule has 0 fully saturated rings. The van der Waals surface area contributed by atoms with Gasteiger partial charge in [-0.25, -0.2) is 4.98 Å². The number of rotatable bonds is 7. The molecule has 3 rings (SSSR count). The molecule has 0 unspecified atom stereocenters. The molecule has 1 aliphatic rings. The lowest BCUT2D eigenvalue weighted by Gasteiger charge is -2.20. The van der Waals surface area contributed by atoms with Crippen molar-refractivity contribution in [2.45, 2.75) is 31.9 Å². The van der Waals surface area contributed by atoms with Crippen LogP contribution < -0.4 is 10.1 Å². The summed E-state index contributed by atoms with van der Waals surface area (Å²) in [6.07, 6.45) is 6.62. The van der Waals surface area contributed by atoms with Crippen molar-refractivity contribution in [3.05, 3.63) is 48.5 Å². The number of methoxy groups -OCH3 is 1. The second-order valence-corrected chi connectivity index (χ2v) is 6.15. The third-order valence-corrected chi connectivity index (χ3v) is 4.20. The van der Waals surface area contributed by atoms with Crippen LogP contribution in [0.15, 0.2) is 48.1 Å². The lowest BCUT2D eigenvalue weighted by atomic mass is 9.94. The van der Waals surface area contributed by atoms with E-state index >= 15 is 0 Å². The first-order chi connectivity index (χ1) is 12.1. The van der Waals surface area contributed by atoms with Crippen molar-refractivity contribution < 1.29 is 14.4 Å². The molecule has 0 saturated carbocycles. The van der Waals surface area contributed by atoms with Crippen LogP contribution in [0.2, 0.25) is 0 Å². The number of oxime groups is 1. The molecular weight excluding hydrogens is 320 g/mol. The van der Waals surface area contributed by atoms with Crippen LogP contribution in [0.25, 0.3) is 0 Å². The van der Waals surface area contributed by atoms with Gasteiger partial charge in [0.25, 0.3) is 5.91 Å². The lowest BCUT2D eigenvalue weighted by Crippen LogP contribution is -2.45. The van der Waals surface area contributed by atoms with E-state index in [0.717, 1.165) is 24.3 Å². The quantitative estimate of drug-likeness (QED) is 0.781. The molecule has 132 valence electrons. The number of amides is 1. The monoisotopic (exact) mass is 342 g/mol. The number of carbonyl (C=O) groups is 1. The Morgan fingerprint density at radius 1 is 1.44 bits per heavy atom. The highest BCUT2D eigenvalue weighted by Gasteiger charge is 2.42. The van der Waals surface area contributed by atoms with Crippen molar-refractivity contribution in [1.29, 1.82) is 0 Å². The highest BCUT2D eigenvalue weighted by Crippen LogP contribution is 2.30. The summed E-state index contributed by atoms with van der Waals surface area (Å²) in [6.45, 7) is 3.13. The Morgan fingerprint density at radius 2 is 2.28 bits per heavy atom. The van der Waals surface area contributed by atoms with Gasteiger partial charge in [0.2, 0.25) is 5.60 Å². The van der Waals surface area contributed by atoms with Crippen LogP contribution >= 0.6 is 0 Å². The predicted molar refractivity (Wildman–Crippen MR) is 93.5 cm³/mol. The van der Waals surface area contributed by atoms with Gasteiger partial charge < -0.3 is 19.5 Å². The first-order valence-corrected chi connectivity index (χ1v) is 8.25. The van der Waals surface area contributed by atoms with Gasteiger partial charge in [0.15, 0.2) is 0 Å². The second kappa shape index (κ2) is 7.38. The first-order valence-electron chi connectivity index (χ1n) is 8.25. The van der Waals surface area contributed by atoms with Crippen molar-refractivity contribution in [2.75, 3.05) is 13.7 Å². The minimum Gasteiger partial charge on any atom is -0.496 e. The topological polar surface area (TPSA) is 77.7 Å². The summed E-state index contributed by atoms with van der Waals surface area (Å²) in [5, 5.41) is 7.05. The van der Waals surface area contributed by atoms with Gasteiger partial charge in [-0.2, -0.15) is 0 Å². The van der Waals surface area contributed by atoms with Crippen LogP contribution in [0.1, 0.15) is 25.3 Å². The van der Waals surface area contributed by atoms with Gasteiger partial charge >= 0.3 is 0 Å². The first kappa shape index (κ1) is 17.0. The maximum Gasteiger partial charge on any atom is 0.267 e. The molecule has 1 aliphatic heterocycles. The van der Waals surface area contributed by atoms with Crippen molar-refractivity contribution in [2.24, 2.45) is 5.16 Å². The minimum absolute atomic E-state index is 0.160. The van der Waals surface area contributed by atoms with E-state index < -0.39 is 5.60 Å². The average molecular weight is 342 g/mol. The Balaban J connectivity index is 1.53. The second-order valence-electron chi connectivity index (χ2n) is 6.15. The molecule has 1 aromatic carbocycles. The largest absolute Gasteiger partial charge is 0.496 e. The average Bonchev–Trinajstić information content (AvgIpc) is 3.29. The summed E-state index contributed by atoms with van der Waals surface area (Å²) in [4.78, 5) is 22.0. The Hall–Kier alpha value is -2.83. The number of hydrogen-bond acceptors (Lipinski definition) is 5. The molecule has 7 nitrogen and oxygen atoms in total. The minimum atomic E-state index is -0.995. The molecular formula is C18H22N4O3. The number of carbonyl (C=O) groups excluding carboxylic acids is 1. The molecule has 1 atom stereocenters. The van der Waals surface area contributed by atoms with E-state index in [4.69, 9.17) is 9.57 Å². The van der Waals surface area contributed by atoms with Crippen molar-refractivity contribution in [1.82, 2.24) is 14.9 Å². The summed E-state index contributed by atoms with van der Waals surface area (Å²) in [6, 6.07) is 7.58. The molecule has 1 amide bonds. The number of ether oxygens (including phenoxy) is 1. The summed E-state index contributed by atoms with van der Waals surface area (Å²) >= 11 is 0. The fraction of sp³-hybridized carbons (Fsp3) is 0.389. The van der Waals surface area contributed by atoms with Gasteiger partial charge in [0, 0.05) is 37.5 Å². The Kier molecular flexibility index (Phi) is 5.02. The molecule has 2 heterocycles. The third-order valence-electron chi connectivity index (χ3n) is 4.20. The number of benzene rings is 1. The normalized spacial score (nSPS) is 19.2. The molecule has 0 radical (unpaired) electrons. The van der Waals surface area contributed by atoms with Gasteiger partial charge in [0.1, 0.15) is 5.75 Å². The third kappa shape index (κ3) is 3.81. The Labute approximate surface area is 146 Å². The molecule has 0 aliphatic carbocycles. The smallest absolute Gasteiger partial charge is 0.267 e. The van der Waals surface area contributed by atoms with Crippen LogP contribution in [0.3, 0.4) is 0 Å².